The molecular formula is C13H18ClN5O. The summed E-state index contributed by atoms with van der Waals surface area (Å²) in [6.45, 7) is 1.38. The lowest BCUT2D eigenvalue weighted by Crippen LogP contribution is -2.33. The van der Waals surface area contributed by atoms with Crippen LogP contribution in [0.4, 0.5) is 0 Å². The van der Waals surface area contributed by atoms with Gasteiger partial charge in [-0.15, -0.1) is 17.5 Å². The standard InChI is InChI=1S/C13H17N5O.ClH/c1-14-8-9-17(2)13(19)12-10-18(16-15-12)11-6-4-3-5-7-11;/h3-7,10,14H,8-9H2,1-2H3;1H. The molecule has 1 heterocycles. The topological polar surface area (TPSA) is 63.1 Å². The number of aromatic nitrogens is 3. The van der Waals surface area contributed by atoms with Gasteiger partial charge in [-0.05, 0) is 19.2 Å². The third-order valence-corrected chi connectivity index (χ3v) is 2.78. The minimum atomic E-state index is -0.127. The molecule has 2 aromatic rings. The molecule has 0 aliphatic carbocycles. The second kappa shape index (κ2) is 7.62. The lowest BCUT2D eigenvalue weighted by molar-refractivity contribution is 0.0791. The second-order valence-corrected chi connectivity index (χ2v) is 4.21. The molecule has 0 saturated heterocycles. The fraction of sp³-hybridized carbons (Fsp3) is 0.308. The predicted molar refractivity (Wildman–Crippen MR) is 79.5 cm³/mol. The van der Waals surface area contributed by atoms with E-state index in [-0.39, 0.29) is 18.3 Å². The van der Waals surface area contributed by atoms with E-state index in [1.54, 1.807) is 22.8 Å². The van der Waals surface area contributed by atoms with Gasteiger partial charge in [0.15, 0.2) is 5.69 Å². The molecule has 0 aliphatic rings. The van der Waals surface area contributed by atoms with Gasteiger partial charge in [-0.2, -0.15) is 0 Å². The third kappa shape index (κ3) is 3.79. The number of benzene rings is 1. The Bertz CT molecular complexity index is 543. The van der Waals surface area contributed by atoms with Crippen LogP contribution in [-0.4, -0.2) is 53.0 Å². The van der Waals surface area contributed by atoms with Crippen molar-refractivity contribution in [1.82, 2.24) is 25.2 Å². The SMILES string of the molecule is CNCCN(C)C(=O)c1cn(-c2ccccc2)nn1.Cl. The van der Waals surface area contributed by atoms with Crippen LogP contribution in [0.3, 0.4) is 0 Å². The minimum Gasteiger partial charge on any atom is -0.339 e. The zero-order chi connectivity index (χ0) is 13.7. The number of halogens is 1. The first-order valence-electron chi connectivity index (χ1n) is 6.10. The fourth-order valence-electron chi connectivity index (χ4n) is 1.65. The molecule has 0 aliphatic heterocycles. The molecule has 0 atom stereocenters. The Kier molecular flexibility index (Phi) is 6.14. The maximum atomic E-state index is 12.1. The zero-order valence-corrected chi connectivity index (χ0v) is 12.3. The summed E-state index contributed by atoms with van der Waals surface area (Å²) in [5.41, 5.74) is 1.23. The van der Waals surface area contributed by atoms with Crippen LogP contribution in [0, 0.1) is 0 Å². The molecule has 2 rings (SSSR count). The van der Waals surface area contributed by atoms with Crippen molar-refractivity contribution in [3.05, 3.63) is 42.2 Å². The second-order valence-electron chi connectivity index (χ2n) is 4.21. The van der Waals surface area contributed by atoms with Crippen LogP contribution in [0.2, 0.25) is 0 Å². The van der Waals surface area contributed by atoms with Crippen molar-refractivity contribution < 1.29 is 4.79 Å². The number of carbonyl (C=O) groups is 1. The van der Waals surface area contributed by atoms with Crippen molar-refractivity contribution in [2.75, 3.05) is 27.2 Å². The van der Waals surface area contributed by atoms with Gasteiger partial charge < -0.3 is 10.2 Å². The Labute approximate surface area is 124 Å². The Balaban J connectivity index is 0.00000200. The van der Waals surface area contributed by atoms with E-state index < -0.39 is 0 Å². The summed E-state index contributed by atoms with van der Waals surface area (Å²) in [5, 5.41) is 10.9. The molecule has 0 spiro atoms. The number of nitrogens with one attached hydrogen (secondary N) is 1. The van der Waals surface area contributed by atoms with Crippen molar-refractivity contribution in [1.29, 1.82) is 0 Å². The number of likely N-dealkylation sites (N-methyl/N-ethyl adjacent to an activating group) is 2. The molecule has 0 bridgehead atoms. The van der Waals surface area contributed by atoms with Gasteiger partial charge in [-0.1, -0.05) is 23.4 Å². The number of hydrogen-bond acceptors (Lipinski definition) is 4. The largest absolute Gasteiger partial charge is 0.339 e. The summed E-state index contributed by atoms with van der Waals surface area (Å²) in [7, 11) is 3.60. The Hall–Kier alpha value is -1.92. The highest BCUT2D eigenvalue weighted by Gasteiger charge is 2.15. The van der Waals surface area contributed by atoms with E-state index in [1.807, 2.05) is 37.4 Å². The van der Waals surface area contributed by atoms with E-state index in [1.165, 1.54) is 0 Å². The number of rotatable bonds is 5. The van der Waals surface area contributed by atoms with Crippen molar-refractivity contribution in [2.45, 2.75) is 0 Å². The summed E-state index contributed by atoms with van der Waals surface area (Å²) >= 11 is 0. The molecule has 1 N–H and O–H groups in total. The molecule has 0 unspecified atom stereocenters. The van der Waals surface area contributed by atoms with Crippen LogP contribution >= 0.6 is 12.4 Å². The van der Waals surface area contributed by atoms with Crippen LogP contribution in [0.15, 0.2) is 36.5 Å². The monoisotopic (exact) mass is 295 g/mol. The summed E-state index contributed by atoms with van der Waals surface area (Å²) in [5.74, 6) is -0.127. The minimum absolute atomic E-state index is 0. The summed E-state index contributed by atoms with van der Waals surface area (Å²) < 4.78 is 1.60. The Morgan fingerprint density at radius 3 is 2.70 bits per heavy atom. The average molecular weight is 296 g/mol. The third-order valence-electron chi connectivity index (χ3n) is 2.78. The maximum Gasteiger partial charge on any atom is 0.275 e. The van der Waals surface area contributed by atoms with Crippen LogP contribution in [0.25, 0.3) is 5.69 Å². The van der Waals surface area contributed by atoms with Crippen LogP contribution < -0.4 is 5.32 Å². The smallest absolute Gasteiger partial charge is 0.275 e. The van der Waals surface area contributed by atoms with E-state index in [2.05, 4.69) is 15.6 Å². The fourth-order valence-corrected chi connectivity index (χ4v) is 1.65. The number of hydrogen-bond donors (Lipinski definition) is 1. The van der Waals surface area contributed by atoms with Gasteiger partial charge >= 0.3 is 0 Å². The molecule has 1 aromatic carbocycles. The normalized spacial score (nSPS) is 9.90. The number of para-hydroxylation sites is 1. The predicted octanol–water partition coefficient (Wildman–Crippen LogP) is 0.980. The number of nitrogens with zero attached hydrogens (tertiary/aromatic N) is 4. The summed E-state index contributed by atoms with van der Waals surface area (Å²) in [4.78, 5) is 13.7. The summed E-state index contributed by atoms with van der Waals surface area (Å²) in [6, 6.07) is 9.58. The lowest BCUT2D eigenvalue weighted by atomic mass is 10.3. The van der Waals surface area contributed by atoms with E-state index >= 15 is 0 Å². The summed E-state index contributed by atoms with van der Waals surface area (Å²) in [6.07, 6.45) is 1.65. The molecule has 6 nitrogen and oxygen atoms in total. The quantitative estimate of drug-likeness (QED) is 0.893. The van der Waals surface area contributed by atoms with Gasteiger partial charge in [-0.3, -0.25) is 4.79 Å². The van der Waals surface area contributed by atoms with Gasteiger partial charge in [0.05, 0.1) is 11.9 Å². The van der Waals surface area contributed by atoms with Crippen molar-refractivity contribution in [2.24, 2.45) is 0 Å². The van der Waals surface area contributed by atoms with Gasteiger partial charge in [0, 0.05) is 20.1 Å². The molecule has 0 saturated carbocycles. The molecule has 108 valence electrons. The van der Waals surface area contributed by atoms with Crippen molar-refractivity contribution in [3.8, 4) is 5.69 Å². The van der Waals surface area contributed by atoms with Crippen LogP contribution in [0.5, 0.6) is 0 Å². The van der Waals surface area contributed by atoms with Crippen molar-refractivity contribution in [3.63, 3.8) is 0 Å². The highest BCUT2D eigenvalue weighted by atomic mass is 35.5. The van der Waals surface area contributed by atoms with E-state index in [0.717, 1.165) is 12.2 Å². The molecule has 1 aromatic heterocycles. The highest BCUT2D eigenvalue weighted by Crippen LogP contribution is 2.06. The van der Waals surface area contributed by atoms with E-state index in [4.69, 9.17) is 0 Å². The van der Waals surface area contributed by atoms with Crippen LogP contribution in [-0.2, 0) is 0 Å². The van der Waals surface area contributed by atoms with Crippen LogP contribution in [0.1, 0.15) is 10.5 Å². The average Bonchev–Trinajstić information content (AvgIpc) is 2.94. The Morgan fingerprint density at radius 2 is 2.05 bits per heavy atom. The number of carbonyl (C=O) groups excluding carboxylic acids is 1. The zero-order valence-electron chi connectivity index (χ0n) is 11.5. The molecule has 20 heavy (non-hydrogen) atoms. The molecule has 7 heteroatoms. The Morgan fingerprint density at radius 1 is 1.35 bits per heavy atom. The molecule has 1 amide bonds. The molecular weight excluding hydrogens is 278 g/mol. The number of amides is 1. The van der Waals surface area contributed by atoms with E-state index in [9.17, 15) is 4.79 Å². The molecule has 0 fully saturated rings. The maximum absolute atomic E-state index is 12.1. The van der Waals surface area contributed by atoms with Gasteiger partial charge in [0.25, 0.3) is 5.91 Å². The van der Waals surface area contributed by atoms with Gasteiger partial charge in [0.2, 0.25) is 0 Å². The first-order valence-corrected chi connectivity index (χ1v) is 6.10. The van der Waals surface area contributed by atoms with E-state index in [0.29, 0.717) is 12.2 Å². The molecule has 0 radical (unpaired) electrons. The van der Waals surface area contributed by atoms with Crippen molar-refractivity contribution >= 4 is 18.3 Å². The first kappa shape index (κ1) is 16.1. The van der Waals surface area contributed by atoms with Gasteiger partial charge in [0.1, 0.15) is 0 Å². The van der Waals surface area contributed by atoms with Gasteiger partial charge in [-0.25, -0.2) is 4.68 Å². The lowest BCUT2D eigenvalue weighted by Gasteiger charge is -2.14. The first-order chi connectivity index (χ1) is 9.22. The highest BCUT2D eigenvalue weighted by molar-refractivity contribution is 5.91.